The summed E-state index contributed by atoms with van der Waals surface area (Å²) >= 11 is 6.11. The highest BCUT2D eigenvalue weighted by Crippen LogP contribution is 2.22. The lowest BCUT2D eigenvalue weighted by atomic mass is 10.2. The van der Waals surface area contributed by atoms with Gasteiger partial charge in [0.05, 0.1) is 23.2 Å². The molecule has 0 aliphatic rings. The molecule has 3 rings (SSSR count). The van der Waals surface area contributed by atoms with E-state index in [1.54, 1.807) is 30.5 Å². The van der Waals surface area contributed by atoms with Gasteiger partial charge in [-0.2, -0.15) is 0 Å². The van der Waals surface area contributed by atoms with Crippen molar-refractivity contribution in [2.75, 3.05) is 0 Å². The molecule has 0 atom stereocenters. The van der Waals surface area contributed by atoms with E-state index in [1.165, 1.54) is 0 Å². The zero-order chi connectivity index (χ0) is 17.1. The molecule has 1 aromatic heterocycles. The van der Waals surface area contributed by atoms with Crippen LogP contribution in [0.25, 0.3) is 5.69 Å². The molecule has 2 aromatic carbocycles. The molecule has 1 N–H and O–H groups in total. The van der Waals surface area contributed by atoms with Crippen LogP contribution in [-0.2, 0) is 0 Å². The summed E-state index contributed by atoms with van der Waals surface area (Å²) in [6.07, 6.45) is 3.66. The highest BCUT2D eigenvalue weighted by Gasteiger charge is 2.05. The Morgan fingerprint density at radius 2 is 1.92 bits per heavy atom. The van der Waals surface area contributed by atoms with Crippen molar-refractivity contribution in [1.29, 1.82) is 0 Å². The van der Waals surface area contributed by atoms with E-state index >= 15 is 0 Å². The van der Waals surface area contributed by atoms with Gasteiger partial charge in [0.1, 0.15) is 0 Å². The standard InChI is InChI=1S/C19H15ClN2O2/c1-13-4-7-15(11-18(13)20)21-12-17-3-2-10-22(17)16-8-5-14(6-9-16)19(23)24/h2-12H,1H3,(H,23,24). The number of carboxylic acids is 1. The zero-order valence-electron chi connectivity index (χ0n) is 13.0. The Kier molecular flexibility index (Phi) is 4.49. The van der Waals surface area contributed by atoms with Gasteiger partial charge in [-0.05, 0) is 61.0 Å². The van der Waals surface area contributed by atoms with Gasteiger partial charge in [-0.1, -0.05) is 17.7 Å². The lowest BCUT2D eigenvalue weighted by molar-refractivity contribution is 0.0697. The number of aliphatic imine (C=N–C) groups is 1. The molecule has 0 saturated carbocycles. The monoisotopic (exact) mass is 338 g/mol. The van der Waals surface area contributed by atoms with E-state index in [-0.39, 0.29) is 5.56 Å². The number of carboxylic acid groups (broad SMARTS) is 1. The molecule has 24 heavy (non-hydrogen) atoms. The van der Waals surface area contributed by atoms with Crippen LogP contribution in [0.5, 0.6) is 0 Å². The smallest absolute Gasteiger partial charge is 0.335 e. The molecule has 4 nitrogen and oxygen atoms in total. The Balaban J connectivity index is 1.88. The Hall–Kier alpha value is -2.85. The Morgan fingerprint density at radius 3 is 2.58 bits per heavy atom. The number of nitrogens with zero attached hydrogens (tertiary/aromatic N) is 2. The van der Waals surface area contributed by atoms with Crippen LogP contribution in [0.1, 0.15) is 21.6 Å². The van der Waals surface area contributed by atoms with E-state index in [0.717, 1.165) is 22.6 Å². The normalized spacial score (nSPS) is 11.1. The van der Waals surface area contributed by atoms with Crippen LogP contribution >= 0.6 is 11.6 Å². The molecular formula is C19H15ClN2O2. The molecule has 5 heteroatoms. The Morgan fingerprint density at radius 1 is 1.17 bits per heavy atom. The largest absolute Gasteiger partial charge is 0.478 e. The number of aryl methyl sites for hydroxylation is 1. The van der Waals surface area contributed by atoms with Gasteiger partial charge < -0.3 is 9.67 Å². The minimum Gasteiger partial charge on any atom is -0.478 e. The molecule has 0 spiro atoms. The summed E-state index contributed by atoms with van der Waals surface area (Å²) < 4.78 is 1.94. The summed E-state index contributed by atoms with van der Waals surface area (Å²) in [5.41, 5.74) is 3.80. The lowest BCUT2D eigenvalue weighted by Crippen LogP contribution is -2.00. The number of aromatic carboxylic acids is 1. The number of hydrogen-bond acceptors (Lipinski definition) is 2. The number of aromatic nitrogens is 1. The van der Waals surface area contributed by atoms with Gasteiger partial charge in [-0.15, -0.1) is 0 Å². The number of benzene rings is 2. The lowest BCUT2D eigenvalue weighted by Gasteiger charge is -2.06. The highest BCUT2D eigenvalue weighted by atomic mass is 35.5. The number of hydrogen-bond donors (Lipinski definition) is 1. The molecule has 3 aromatic rings. The first-order valence-electron chi connectivity index (χ1n) is 7.36. The van der Waals surface area contributed by atoms with Crippen LogP contribution < -0.4 is 0 Å². The van der Waals surface area contributed by atoms with E-state index in [1.807, 2.05) is 48.0 Å². The van der Waals surface area contributed by atoms with Gasteiger partial charge in [-0.25, -0.2) is 4.79 Å². The van der Waals surface area contributed by atoms with Crippen LogP contribution in [0.2, 0.25) is 5.02 Å². The SMILES string of the molecule is Cc1ccc(N=Cc2cccn2-c2ccc(C(=O)O)cc2)cc1Cl. The van der Waals surface area contributed by atoms with E-state index in [9.17, 15) is 4.79 Å². The number of rotatable bonds is 4. The third-order valence-electron chi connectivity index (χ3n) is 3.67. The minimum absolute atomic E-state index is 0.260. The van der Waals surface area contributed by atoms with Gasteiger partial charge in [-0.3, -0.25) is 4.99 Å². The van der Waals surface area contributed by atoms with Crippen molar-refractivity contribution in [2.24, 2.45) is 4.99 Å². The summed E-state index contributed by atoms with van der Waals surface area (Å²) in [5, 5.41) is 9.66. The summed E-state index contributed by atoms with van der Waals surface area (Å²) in [4.78, 5) is 15.4. The molecule has 0 bridgehead atoms. The minimum atomic E-state index is -0.938. The topological polar surface area (TPSA) is 54.6 Å². The van der Waals surface area contributed by atoms with Crippen molar-refractivity contribution < 1.29 is 9.90 Å². The first kappa shape index (κ1) is 16.0. The molecule has 0 aliphatic heterocycles. The number of halogens is 1. The van der Waals surface area contributed by atoms with Gasteiger partial charge in [0.2, 0.25) is 0 Å². The molecule has 120 valence electrons. The Labute approximate surface area is 144 Å². The van der Waals surface area contributed by atoms with Crippen LogP contribution in [0.15, 0.2) is 65.8 Å². The second-order valence-corrected chi connectivity index (χ2v) is 5.75. The predicted molar refractivity (Wildman–Crippen MR) is 96.2 cm³/mol. The molecule has 1 heterocycles. The molecule has 0 aliphatic carbocycles. The maximum absolute atomic E-state index is 10.9. The summed E-state index contributed by atoms with van der Waals surface area (Å²) in [6.45, 7) is 1.95. The van der Waals surface area contributed by atoms with E-state index < -0.39 is 5.97 Å². The average Bonchev–Trinajstić information content (AvgIpc) is 3.04. The van der Waals surface area contributed by atoms with Crippen molar-refractivity contribution in [3.63, 3.8) is 0 Å². The van der Waals surface area contributed by atoms with E-state index in [0.29, 0.717) is 5.02 Å². The fraction of sp³-hybridized carbons (Fsp3) is 0.0526. The van der Waals surface area contributed by atoms with Gasteiger partial charge in [0.25, 0.3) is 0 Å². The molecule has 0 unspecified atom stereocenters. The van der Waals surface area contributed by atoms with Crippen molar-refractivity contribution >= 4 is 29.5 Å². The zero-order valence-corrected chi connectivity index (χ0v) is 13.7. The van der Waals surface area contributed by atoms with Gasteiger partial charge in [0, 0.05) is 16.9 Å². The summed E-state index contributed by atoms with van der Waals surface area (Å²) in [5.74, 6) is -0.938. The molecule has 0 saturated heterocycles. The third kappa shape index (κ3) is 3.39. The second-order valence-electron chi connectivity index (χ2n) is 5.35. The Bertz CT molecular complexity index is 911. The molecule has 0 amide bonds. The highest BCUT2D eigenvalue weighted by molar-refractivity contribution is 6.31. The van der Waals surface area contributed by atoms with Crippen LogP contribution in [0.3, 0.4) is 0 Å². The van der Waals surface area contributed by atoms with Crippen molar-refractivity contribution in [3.8, 4) is 5.69 Å². The van der Waals surface area contributed by atoms with E-state index in [2.05, 4.69) is 4.99 Å². The molecule has 0 fully saturated rings. The first-order valence-corrected chi connectivity index (χ1v) is 7.74. The fourth-order valence-corrected chi connectivity index (χ4v) is 2.48. The van der Waals surface area contributed by atoms with Crippen molar-refractivity contribution in [3.05, 3.63) is 82.6 Å². The van der Waals surface area contributed by atoms with Crippen LogP contribution in [-0.4, -0.2) is 21.9 Å². The molecule has 0 radical (unpaired) electrons. The van der Waals surface area contributed by atoms with Crippen LogP contribution in [0.4, 0.5) is 5.69 Å². The van der Waals surface area contributed by atoms with Gasteiger partial charge in [0.15, 0.2) is 0 Å². The van der Waals surface area contributed by atoms with Gasteiger partial charge >= 0.3 is 5.97 Å². The maximum atomic E-state index is 10.9. The van der Waals surface area contributed by atoms with Crippen molar-refractivity contribution in [1.82, 2.24) is 4.57 Å². The number of carbonyl (C=O) groups is 1. The van der Waals surface area contributed by atoms with E-state index in [4.69, 9.17) is 16.7 Å². The summed E-state index contributed by atoms with van der Waals surface area (Å²) in [6, 6.07) is 16.2. The van der Waals surface area contributed by atoms with Crippen molar-refractivity contribution in [2.45, 2.75) is 6.92 Å². The van der Waals surface area contributed by atoms with Crippen LogP contribution in [0, 0.1) is 6.92 Å². The third-order valence-corrected chi connectivity index (χ3v) is 4.08. The average molecular weight is 339 g/mol. The quantitative estimate of drug-likeness (QED) is 0.689. The maximum Gasteiger partial charge on any atom is 0.335 e. The second kappa shape index (κ2) is 6.72. The molecular weight excluding hydrogens is 324 g/mol. The fourth-order valence-electron chi connectivity index (χ4n) is 2.30. The first-order chi connectivity index (χ1) is 11.5. The summed E-state index contributed by atoms with van der Waals surface area (Å²) in [7, 11) is 0. The predicted octanol–water partition coefficient (Wildman–Crippen LogP) is 4.89.